The summed E-state index contributed by atoms with van der Waals surface area (Å²) in [5.41, 5.74) is 1.85. The summed E-state index contributed by atoms with van der Waals surface area (Å²) < 4.78 is 34.3. The predicted octanol–water partition coefficient (Wildman–Crippen LogP) is 4.41. The maximum absolute atomic E-state index is 13.9. The average Bonchev–Trinajstić information content (AvgIpc) is 2.92. The molecule has 8 nitrogen and oxygen atoms in total. The van der Waals surface area contributed by atoms with E-state index in [2.05, 4.69) is 5.32 Å². The zero-order valence-electron chi connectivity index (χ0n) is 21.8. The first-order chi connectivity index (χ1) is 18.1. The quantitative estimate of drug-likeness (QED) is 0.377. The van der Waals surface area contributed by atoms with Gasteiger partial charge in [0.05, 0.1) is 17.7 Å². The Balaban J connectivity index is 2.09. The first-order valence-electron chi connectivity index (χ1n) is 12.1. The number of para-hydroxylation sites is 2. The molecule has 3 aromatic carbocycles. The Kier molecular flexibility index (Phi) is 9.77. The minimum Gasteiger partial charge on any atom is -0.495 e. The second-order valence-corrected chi connectivity index (χ2v) is 11.0. The van der Waals surface area contributed by atoms with Crippen molar-refractivity contribution in [3.8, 4) is 5.75 Å². The van der Waals surface area contributed by atoms with Crippen LogP contribution in [0.15, 0.2) is 77.7 Å². The summed E-state index contributed by atoms with van der Waals surface area (Å²) in [7, 11) is -1.25. The molecule has 0 radical (unpaired) electrons. The highest BCUT2D eigenvalue weighted by molar-refractivity contribution is 7.92. The molecular formula is C28H32ClN3O5S. The maximum Gasteiger partial charge on any atom is 0.264 e. The smallest absolute Gasteiger partial charge is 0.264 e. The Hall–Kier alpha value is -3.56. The van der Waals surface area contributed by atoms with E-state index in [0.29, 0.717) is 17.2 Å². The number of ether oxygens (including phenoxy) is 1. The normalized spacial score (nSPS) is 11.9. The van der Waals surface area contributed by atoms with Gasteiger partial charge in [-0.25, -0.2) is 8.42 Å². The van der Waals surface area contributed by atoms with Gasteiger partial charge in [-0.3, -0.25) is 13.9 Å². The fourth-order valence-electron chi connectivity index (χ4n) is 4.06. The molecule has 0 aliphatic rings. The van der Waals surface area contributed by atoms with Gasteiger partial charge < -0.3 is 15.0 Å². The van der Waals surface area contributed by atoms with E-state index in [1.54, 1.807) is 67.6 Å². The van der Waals surface area contributed by atoms with Crippen molar-refractivity contribution in [2.75, 3.05) is 25.0 Å². The van der Waals surface area contributed by atoms with Gasteiger partial charge in [-0.05, 0) is 55.3 Å². The number of nitrogens with one attached hydrogen (secondary N) is 1. The standard InChI is InChI=1S/C28H32ClN3O5S/c1-5-24(28(34)30-3)31(18-21-12-14-22(29)15-13-21)27(33)19-32(25-8-6-7-9-26(25)37-4)38(35,36)23-16-10-20(2)11-17-23/h6-17,24H,5,18-19H2,1-4H3,(H,30,34). The molecule has 38 heavy (non-hydrogen) atoms. The Morgan fingerprint density at radius 3 is 2.21 bits per heavy atom. The third-order valence-corrected chi connectivity index (χ3v) is 8.17. The summed E-state index contributed by atoms with van der Waals surface area (Å²) in [5.74, 6) is -0.601. The van der Waals surface area contributed by atoms with Crippen molar-refractivity contribution >= 4 is 39.1 Å². The third kappa shape index (κ3) is 6.65. The van der Waals surface area contributed by atoms with E-state index in [0.717, 1.165) is 15.4 Å². The van der Waals surface area contributed by atoms with Crippen LogP contribution in [0, 0.1) is 6.92 Å². The molecule has 1 atom stereocenters. The predicted molar refractivity (Wildman–Crippen MR) is 149 cm³/mol. The van der Waals surface area contributed by atoms with Crippen LogP contribution in [-0.4, -0.2) is 51.9 Å². The van der Waals surface area contributed by atoms with Gasteiger partial charge in [0.15, 0.2) is 0 Å². The van der Waals surface area contributed by atoms with Gasteiger partial charge in [0.25, 0.3) is 10.0 Å². The topological polar surface area (TPSA) is 96.0 Å². The SMILES string of the molecule is CCC(C(=O)NC)N(Cc1ccc(Cl)cc1)C(=O)CN(c1ccccc1OC)S(=O)(=O)c1ccc(C)cc1. The van der Waals surface area contributed by atoms with Crippen LogP contribution in [0.5, 0.6) is 5.75 Å². The number of rotatable bonds is 11. The molecule has 1 N–H and O–H groups in total. The van der Waals surface area contributed by atoms with E-state index in [-0.39, 0.29) is 23.0 Å². The van der Waals surface area contributed by atoms with Crippen LogP contribution in [0.2, 0.25) is 5.02 Å². The lowest BCUT2D eigenvalue weighted by Crippen LogP contribution is -2.51. The van der Waals surface area contributed by atoms with E-state index in [4.69, 9.17) is 16.3 Å². The molecule has 1 unspecified atom stereocenters. The summed E-state index contributed by atoms with van der Waals surface area (Å²) in [6.45, 7) is 3.20. The highest BCUT2D eigenvalue weighted by Crippen LogP contribution is 2.32. The summed E-state index contributed by atoms with van der Waals surface area (Å²) in [6.07, 6.45) is 0.332. The molecular weight excluding hydrogens is 526 g/mol. The van der Waals surface area contributed by atoms with Crippen molar-refractivity contribution in [1.29, 1.82) is 0 Å². The van der Waals surface area contributed by atoms with E-state index in [1.807, 2.05) is 6.92 Å². The first-order valence-corrected chi connectivity index (χ1v) is 13.9. The number of amides is 2. The zero-order valence-corrected chi connectivity index (χ0v) is 23.4. The Morgan fingerprint density at radius 1 is 1.00 bits per heavy atom. The molecule has 0 aliphatic carbocycles. The molecule has 0 heterocycles. The number of hydrogen-bond acceptors (Lipinski definition) is 5. The molecule has 0 spiro atoms. The Morgan fingerprint density at radius 2 is 1.63 bits per heavy atom. The van der Waals surface area contributed by atoms with Gasteiger partial charge in [-0.2, -0.15) is 0 Å². The fraction of sp³-hybridized carbons (Fsp3) is 0.286. The molecule has 0 saturated heterocycles. The number of hydrogen-bond donors (Lipinski definition) is 1. The average molecular weight is 558 g/mol. The molecule has 0 saturated carbocycles. The van der Waals surface area contributed by atoms with Gasteiger partial charge in [0.1, 0.15) is 18.3 Å². The van der Waals surface area contributed by atoms with Gasteiger partial charge in [0, 0.05) is 18.6 Å². The molecule has 0 bridgehead atoms. The summed E-state index contributed by atoms with van der Waals surface area (Å²) in [4.78, 5) is 28.1. The number of anilines is 1. The van der Waals surface area contributed by atoms with Gasteiger partial charge in [-0.1, -0.05) is 60.5 Å². The highest BCUT2D eigenvalue weighted by Gasteiger charge is 2.34. The van der Waals surface area contributed by atoms with Crippen LogP contribution in [-0.2, 0) is 26.2 Å². The third-order valence-electron chi connectivity index (χ3n) is 6.14. The molecule has 10 heteroatoms. The Bertz CT molecular complexity index is 1360. The number of halogens is 1. The summed E-state index contributed by atoms with van der Waals surface area (Å²) in [5, 5.41) is 3.14. The number of nitrogens with zero attached hydrogens (tertiary/aromatic N) is 2. The van der Waals surface area contributed by atoms with E-state index in [1.165, 1.54) is 31.2 Å². The highest BCUT2D eigenvalue weighted by atomic mass is 35.5. The number of methoxy groups -OCH3 is 1. The molecule has 3 aromatic rings. The van der Waals surface area contributed by atoms with Crippen molar-refractivity contribution in [3.63, 3.8) is 0 Å². The number of aryl methyl sites for hydroxylation is 1. The van der Waals surface area contributed by atoms with Crippen LogP contribution in [0.3, 0.4) is 0 Å². The lowest BCUT2D eigenvalue weighted by molar-refractivity contribution is -0.140. The number of carbonyl (C=O) groups excluding carboxylic acids is 2. The summed E-state index contributed by atoms with van der Waals surface area (Å²) in [6, 6.07) is 19.1. The van der Waals surface area contributed by atoms with E-state index < -0.39 is 28.5 Å². The van der Waals surface area contributed by atoms with Gasteiger partial charge in [-0.15, -0.1) is 0 Å². The van der Waals surface area contributed by atoms with Crippen LogP contribution >= 0.6 is 11.6 Å². The lowest BCUT2D eigenvalue weighted by Gasteiger charge is -2.33. The summed E-state index contributed by atoms with van der Waals surface area (Å²) >= 11 is 6.03. The number of carbonyl (C=O) groups is 2. The molecule has 2 amide bonds. The lowest BCUT2D eigenvalue weighted by atomic mass is 10.1. The first kappa shape index (κ1) is 29.0. The minimum atomic E-state index is -4.18. The van der Waals surface area contributed by atoms with Crippen LogP contribution < -0.4 is 14.4 Å². The molecule has 0 aliphatic heterocycles. The maximum atomic E-state index is 13.9. The second kappa shape index (κ2) is 12.8. The van der Waals surface area contributed by atoms with Gasteiger partial charge in [0.2, 0.25) is 11.8 Å². The fourth-order valence-corrected chi connectivity index (χ4v) is 5.61. The van der Waals surface area contributed by atoms with E-state index in [9.17, 15) is 18.0 Å². The largest absolute Gasteiger partial charge is 0.495 e. The van der Waals surface area contributed by atoms with Crippen molar-refractivity contribution in [1.82, 2.24) is 10.2 Å². The van der Waals surface area contributed by atoms with E-state index >= 15 is 0 Å². The zero-order chi connectivity index (χ0) is 27.9. The molecule has 0 fully saturated rings. The van der Waals surface area contributed by atoms with Gasteiger partial charge >= 0.3 is 0 Å². The number of likely N-dealkylation sites (N-methyl/N-ethyl adjacent to an activating group) is 1. The monoisotopic (exact) mass is 557 g/mol. The van der Waals surface area contributed by atoms with Crippen LogP contribution in [0.1, 0.15) is 24.5 Å². The van der Waals surface area contributed by atoms with Crippen molar-refractivity contribution in [3.05, 3.63) is 88.9 Å². The number of benzene rings is 3. The van der Waals surface area contributed by atoms with Crippen LogP contribution in [0.25, 0.3) is 0 Å². The minimum absolute atomic E-state index is 0.0319. The Labute approximate surface area is 229 Å². The second-order valence-electron chi connectivity index (χ2n) is 8.68. The van der Waals surface area contributed by atoms with Crippen LogP contribution in [0.4, 0.5) is 5.69 Å². The van der Waals surface area contributed by atoms with Crippen molar-refractivity contribution in [2.24, 2.45) is 0 Å². The van der Waals surface area contributed by atoms with Crippen molar-refractivity contribution < 1.29 is 22.7 Å². The van der Waals surface area contributed by atoms with Crippen molar-refractivity contribution in [2.45, 2.75) is 37.8 Å². The molecule has 0 aromatic heterocycles. The molecule has 202 valence electrons. The number of sulfonamides is 1. The molecule has 3 rings (SSSR count).